The summed E-state index contributed by atoms with van der Waals surface area (Å²) in [5, 5.41) is 3.50. The van der Waals surface area contributed by atoms with Gasteiger partial charge in [-0.05, 0) is 25.8 Å². The average Bonchev–Trinajstić information content (AvgIpc) is 3.36. The van der Waals surface area contributed by atoms with Gasteiger partial charge in [-0.15, -0.1) is 0 Å². The predicted octanol–water partition coefficient (Wildman–Crippen LogP) is 3.55. The van der Waals surface area contributed by atoms with Crippen LogP contribution in [0.5, 0.6) is 0 Å². The molecule has 168 valence electrons. The maximum absolute atomic E-state index is 12.4. The summed E-state index contributed by atoms with van der Waals surface area (Å²) in [5.74, 6) is -1.96. The molecule has 31 heavy (non-hydrogen) atoms. The van der Waals surface area contributed by atoms with E-state index in [2.05, 4.69) is 15.3 Å². The number of aryl methyl sites for hydroxylation is 1. The highest BCUT2D eigenvalue weighted by atomic mass is 32.2. The van der Waals surface area contributed by atoms with Gasteiger partial charge in [0.1, 0.15) is 0 Å². The second kappa shape index (κ2) is 8.06. The fourth-order valence-corrected chi connectivity index (χ4v) is 6.58. The van der Waals surface area contributed by atoms with Crippen LogP contribution in [0.1, 0.15) is 18.4 Å². The van der Waals surface area contributed by atoms with E-state index >= 15 is 0 Å². The van der Waals surface area contributed by atoms with Crippen molar-refractivity contribution in [3.8, 4) is 0 Å². The number of sulfonamides is 1. The van der Waals surface area contributed by atoms with E-state index in [1.54, 1.807) is 13.0 Å². The number of likely N-dealkylation sites (tertiary alicyclic amines) is 1. The summed E-state index contributed by atoms with van der Waals surface area (Å²) >= 11 is 2.29. The fourth-order valence-electron chi connectivity index (χ4n) is 3.36. The smallest absolute Gasteiger partial charge is 0.352 e. The summed E-state index contributed by atoms with van der Waals surface area (Å²) in [5.41, 5.74) is 1.79. The minimum Gasteiger partial charge on any atom is -0.352 e. The van der Waals surface area contributed by atoms with E-state index in [1.165, 1.54) is 11.3 Å². The zero-order chi connectivity index (χ0) is 22.4. The molecule has 3 aromatic rings. The van der Waals surface area contributed by atoms with E-state index in [0.717, 1.165) is 42.0 Å². The molecule has 2 N–H and O–H groups in total. The van der Waals surface area contributed by atoms with Gasteiger partial charge in [-0.2, -0.15) is 13.2 Å². The van der Waals surface area contributed by atoms with Gasteiger partial charge in [0.25, 0.3) is 0 Å². The molecule has 1 fully saturated rings. The maximum atomic E-state index is 12.4. The van der Waals surface area contributed by atoms with Crippen LogP contribution in [0.25, 0.3) is 20.4 Å². The lowest BCUT2D eigenvalue weighted by Crippen LogP contribution is -2.32. The number of amides is 1. The second-order valence-corrected chi connectivity index (χ2v) is 10.9. The largest absolute Gasteiger partial charge is 0.404 e. The van der Waals surface area contributed by atoms with Crippen molar-refractivity contribution in [3.05, 3.63) is 11.6 Å². The zero-order valence-electron chi connectivity index (χ0n) is 16.2. The molecule has 8 nitrogen and oxygen atoms in total. The molecule has 1 aliphatic heterocycles. The lowest BCUT2D eigenvalue weighted by Gasteiger charge is -2.14. The molecule has 1 aromatic carbocycles. The Kier molecular flexibility index (Phi) is 5.72. The van der Waals surface area contributed by atoms with Gasteiger partial charge in [-0.3, -0.25) is 9.52 Å². The average molecular weight is 494 g/mol. The molecule has 0 saturated carbocycles. The van der Waals surface area contributed by atoms with Gasteiger partial charge >= 0.3 is 6.18 Å². The van der Waals surface area contributed by atoms with Crippen LogP contribution < -0.4 is 10.0 Å². The lowest BCUT2D eigenvalue weighted by molar-refractivity contribution is -0.128. The number of aromatic nitrogens is 2. The van der Waals surface area contributed by atoms with Crippen molar-refractivity contribution in [2.45, 2.75) is 25.9 Å². The van der Waals surface area contributed by atoms with Gasteiger partial charge in [0.15, 0.2) is 16.0 Å². The number of fused-ring (bicyclic) bond motifs is 2. The summed E-state index contributed by atoms with van der Waals surface area (Å²) in [6.45, 7) is 3.46. The van der Waals surface area contributed by atoms with Crippen molar-refractivity contribution in [1.82, 2.24) is 14.9 Å². The molecular formula is C17H18F3N5O3S3. The molecule has 0 spiro atoms. The summed E-state index contributed by atoms with van der Waals surface area (Å²) in [7, 11) is -4.60. The monoisotopic (exact) mass is 493 g/mol. The number of thiazole rings is 2. The molecule has 4 rings (SSSR count). The Hall–Kier alpha value is -2.19. The number of hydrogen-bond acceptors (Lipinski definition) is 8. The molecule has 1 aliphatic rings. The minimum atomic E-state index is -4.84. The fraction of sp³-hybridized carbons (Fsp3) is 0.471. The number of alkyl halides is 3. The van der Waals surface area contributed by atoms with Crippen LogP contribution in [0.15, 0.2) is 6.07 Å². The van der Waals surface area contributed by atoms with Crippen molar-refractivity contribution in [2.24, 2.45) is 0 Å². The van der Waals surface area contributed by atoms with Gasteiger partial charge in [0, 0.05) is 18.7 Å². The number of benzene rings is 1. The van der Waals surface area contributed by atoms with Crippen LogP contribution in [0, 0.1) is 6.92 Å². The van der Waals surface area contributed by atoms with Crippen molar-refractivity contribution >= 4 is 69.3 Å². The highest BCUT2D eigenvalue weighted by Gasteiger charge is 2.35. The van der Waals surface area contributed by atoms with Crippen molar-refractivity contribution in [2.75, 3.05) is 35.4 Å². The van der Waals surface area contributed by atoms with Gasteiger partial charge in [-0.25, -0.2) is 18.4 Å². The number of nitrogens with zero attached hydrogens (tertiary/aromatic N) is 3. The molecule has 0 aliphatic carbocycles. The Balaban J connectivity index is 1.54. The molecule has 3 heterocycles. The third-order valence-electron chi connectivity index (χ3n) is 4.73. The van der Waals surface area contributed by atoms with Crippen LogP contribution in [0.4, 0.5) is 23.4 Å². The molecule has 0 radical (unpaired) electrons. The molecular weight excluding hydrogens is 475 g/mol. The first kappa shape index (κ1) is 22.0. The zero-order valence-corrected chi connectivity index (χ0v) is 18.7. The minimum absolute atomic E-state index is 0.0203. The SMILES string of the molecule is Cc1c2nc(NCC(=O)N3CCCC3)sc2cc2sc(NS(=O)(=O)CC(F)(F)F)nc12. The Morgan fingerprint density at radius 1 is 1.13 bits per heavy atom. The number of anilines is 2. The van der Waals surface area contributed by atoms with Crippen molar-refractivity contribution < 1.29 is 26.4 Å². The Morgan fingerprint density at radius 2 is 1.71 bits per heavy atom. The van der Waals surface area contributed by atoms with Gasteiger partial charge in [0.05, 0.1) is 27.0 Å². The quantitative estimate of drug-likeness (QED) is 0.544. The number of nitrogens with one attached hydrogen (secondary N) is 2. The third kappa shape index (κ3) is 5.01. The van der Waals surface area contributed by atoms with E-state index < -0.39 is 22.0 Å². The summed E-state index contributed by atoms with van der Waals surface area (Å²) < 4.78 is 64.1. The number of halogens is 3. The molecule has 2 aromatic heterocycles. The van der Waals surface area contributed by atoms with Crippen LogP contribution in [-0.4, -0.2) is 60.8 Å². The summed E-state index contributed by atoms with van der Waals surface area (Å²) in [4.78, 5) is 22.7. The Bertz CT molecular complexity index is 1250. The van der Waals surface area contributed by atoms with Crippen molar-refractivity contribution in [1.29, 1.82) is 0 Å². The number of hydrogen-bond donors (Lipinski definition) is 2. The maximum Gasteiger partial charge on any atom is 0.404 e. The number of carbonyl (C=O) groups excluding carboxylic acids is 1. The topological polar surface area (TPSA) is 104 Å². The van der Waals surface area contributed by atoms with Crippen LogP contribution in [-0.2, 0) is 14.8 Å². The van der Waals surface area contributed by atoms with E-state index in [9.17, 15) is 26.4 Å². The Labute approximate surface area is 183 Å². The summed E-state index contributed by atoms with van der Waals surface area (Å²) in [6.07, 6.45) is -2.81. The summed E-state index contributed by atoms with van der Waals surface area (Å²) in [6, 6.07) is 1.77. The van der Waals surface area contributed by atoms with Gasteiger partial charge in [0.2, 0.25) is 15.9 Å². The first-order chi connectivity index (χ1) is 14.5. The highest BCUT2D eigenvalue weighted by molar-refractivity contribution is 7.92. The predicted molar refractivity (Wildman–Crippen MR) is 115 cm³/mol. The molecule has 1 saturated heterocycles. The lowest BCUT2D eigenvalue weighted by atomic mass is 10.2. The first-order valence-electron chi connectivity index (χ1n) is 9.30. The standard InChI is InChI=1S/C17H18F3N5O3S3/c1-9-13-10(29-15(22-13)21-7-12(26)25-4-2-3-5-25)6-11-14(9)23-16(30-11)24-31(27,28)8-17(18,19)20/h6H,2-5,7-8H2,1H3,(H,21,22)(H,23,24). The van der Waals surface area contributed by atoms with E-state index in [-0.39, 0.29) is 17.6 Å². The Morgan fingerprint density at radius 3 is 2.32 bits per heavy atom. The molecule has 0 unspecified atom stereocenters. The van der Waals surface area contributed by atoms with E-state index in [4.69, 9.17) is 0 Å². The number of carbonyl (C=O) groups is 1. The van der Waals surface area contributed by atoms with E-state index in [1.807, 2.05) is 9.62 Å². The third-order valence-corrected chi connectivity index (χ3v) is 7.94. The number of rotatable bonds is 6. The van der Waals surface area contributed by atoms with Crippen LogP contribution in [0.2, 0.25) is 0 Å². The molecule has 1 amide bonds. The molecule has 0 bridgehead atoms. The van der Waals surface area contributed by atoms with E-state index in [0.29, 0.717) is 26.4 Å². The van der Waals surface area contributed by atoms with Gasteiger partial charge < -0.3 is 10.2 Å². The highest BCUT2D eigenvalue weighted by Crippen LogP contribution is 2.37. The molecule has 14 heteroatoms. The first-order valence-corrected chi connectivity index (χ1v) is 12.6. The van der Waals surface area contributed by atoms with Gasteiger partial charge in [-0.1, -0.05) is 22.7 Å². The second-order valence-electron chi connectivity index (χ2n) is 7.15. The molecule has 0 atom stereocenters. The van der Waals surface area contributed by atoms with Crippen LogP contribution >= 0.6 is 22.7 Å². The van der Waals surface area contributed by atoms with Crippen molar-refractivity contribution in [3.63, 3.8) is 0 Å². The normalized spacial score (nSPS) is 15.2. The van der Waals surface area contributed by atoms with Crippen LogP contribution in [0.3, 0.4) is 0 Å².